The minimum atomic E-state index is 0.254. The largest absolute Gasteiger partial charge is 0.484 e. The molecule has 0 aliphatic carbocycles. The minimum Gasteiger partial charge on any atom is -0.484 e. The fourth-order valence-corrected chi connectivity index (χ4v) is 2.83. The van der Waals surface area contributed by atoms with E-state index in [0.717, 1.165) is 21.3 Å². The number of rotatable bonds is 5. The first-order valence-corrected chi connectivity index (χ1v) is 8.64. The van der Waals surface area contributed by atoms with E-state index >= 15 is 0 Å². The van der Waals surface area contributed by atoms with Crippen molar-refractivity contribution in [3.8, 4) is 17.2 Å². The molecule has 3 rings (SSSR count). The van der Waals surface area contributed by atoms with Crippen LogP contribution in [0, 0.1) is 6.92 Å². The summed E-state index contributed by atoms with van der Waals surface area (Å²) >= 11 is 3.44. The van der Waals surface area contributed by atoms with Gasteiger partial charge in [-0.1, -0.05) is 48.0 Å². The number of aromatic nitrogens is 2. The third-order valence-corrected chi connectivity index (χ3v) is 4.17. The molecule has 0 amide bonds. The maximum absolute atomic E-state index is 5.93. The zero-order valence-corrected chi connectivity index (χ0v) is 15.5. The number of hydrogen-bond donors (Lipinski definition) is 0. The molecular weight excluding hydrogens is 368 g/mol. The van der Waals surface area contributed by atoms with Gasteiger partial charge in [0, 0.05) is 10.0 Å². The molecule has 1 heterocycles. The Balaban J connectivity index is 1.76. The van der Waals surface area contributed by atoms with E-state index in [-0.39, 0.29) is 6.61 Å². The van der Waals surface area contributed by atoms with Crippen LogP contribution in [0.5, 0.6) is 5.75 Å². The predicted molar refractivity (Wildman–Crippen MR) is 97.0 cm³/mol. The van der Waals surface area contributed by atoms with E-state index < -0.39 is 0 Å². The first-order valence-electron chi connectivity index (χ1n) is 7.84. The molecule has 0 aliphatic heterocycles. The highest BCUT2D eigenvalue weighted by molar-refractivity contribution is 9.10. The van der Waals surface area contributed by atoms with Crippen LogP contribution < -0.4 is 4.74 Å². The Bertz CT molecular complexity index is 843. The Hall–Kier alpha value is -2.14. The van der Waals surface area contributed by atoms with Crippen molar-refractivity contribution in [2.24, 2.45) is 0 Å². The van der Waals surface area contributed by atoms with Gasteiger partial charge in [-0.15, -0.1) is 10.2 Å². The van der Waals surface area contributed by atoms with Crippen LogP contribution in [0.1, 0.15) is 36.8 Å². The molecule has 2 aromatic carbocycles. The van der Waals surface area contributed by atoms with Crippen LogP contribution >= 0.6 is 15.9 Å². The average Bonchev–Trinajstić information content (AvgIpc) is 3.01. The third-order valence-electron chi connectivity index (χ3n) is 3.68. The van der Waals surface area contributed by atoms with E-state index in [1.54, 1.807) is 0 Å². The Kier molecular flexibility index (Phi) is 5.00. The number of hydrogen-bond acceptors (Lipinski definition) is 4. The normalized spacial score (nSPS) is 11.0. The Morgan fingerprint density at radius 3 is 2.71 bits per heavy atom. The number of ether oxygens (including phenoxy) is 1. The monoisotopic (exact) mass is 386 g/mol. The molecule has 124 valence electrons. The average molecular weight is 387 g/mol. The summed E-state index contributed by atoms with van der Waals surface area (Å²) in [6.45, 7) is 6.60. The van der Waals surface area contributed by atoms with E-state index in [1.165, 1.54) is 5.56 Å². The third kappa shape index (κ3) is 3.85. The summed E-state index contributed by atoms with van der Waals surface area (Å²) in [5, 5.41) is 8.17. The molecule has 0 saturated carbocycles. The van der Waals surface area contributed by atoms with Gasteiger partial charge in [0.2, 0.25) is 5.89 Å². The summed E-state index contributed by atoms with van der Waals surface area (Å²) in [5.74, 6) is 2.21. The van der Waals surface area contributed by atoms with Gasteiger partial charge < -0.3 is 9.15 Å². The molecule has 0 bridgehead atoms. The van der Waals surface area contributed by atoms with Crippen LogP contribution in [0.25, 0.3) is 11.5 Å². The lowest BCUT2D eigenvalue weighted by atomic mass is 10.0. The SMILES string of the molecule is Cc1ccc(C(C)C)c(OCc2nnc(-c3cccc(Br)c3)o2)c1. The van der Waals surface area contributed by atoms with E-state index in [2.05, 4.69) is 59.0 Å². The molecular formula is C19H19BrN2O2. The van der Waals surface area contributed by atoms with Crippen molar-refractivity contribution in [2.45, 2.75) is 33.3 Å². The van der Waals surface area contributed by atoms with E-state index in [0.29, 0.717) is 17.7 Å². The molecule has 24 heavy (non-hydrogen) atoms. The van der Waals surface area contributed by atoms with Gasteiger partial charge in [-0.3, -0.25) is 0 Å². The van der Waals surface area contributed by atoms with Gasteiger partial charge in [-0.25, -0.2) is 0 Å². The van der Waals surface area contributed by atoms with Crippen molar-refractivity contribution in [1.82, 2.24) is 10.2 Å². The van der Waals surface area contributed by atoms with Gasteiger partial charge in [-0.2, -0.15) is 0 Å². The van der Waals surface area contributed by atoms with Crippen molar-refractivity contribution in [2.75, 3.05) is 0 Å². The van der Waals surface area contributed by atoms with E-state index in [1.807, 2.05) is 30.3 Å². The molecule has 0 N–H and O–H groups in total. The molecule has 0 atom stereocenters. The highest BCUT2D eigenvalue weighted by atomic mass is 79.9. The van der Waals surface area contributed by atoms with Crippen LogP contribution in [0.3, 0.4) is 0 Å². The van der Waals surface area contributed by atoms with Gasteiger partial charge in [0.15, 0.2) is 6.61 Å². The molecule has 0 radical (unpaired) electrons. The molecule has 0 spiro atoms. The number of benzene rings is 2. The van der Waals surface area contributed by atoms with Crippen molar-refractivity contribution >= 4 is 15.9 Å². The van der Waals surface area contributed by atoms with Crippen molar-refractivity contribution in [3.63, 3.8) is 0 Å². The highest BCUT2D eigenvalue weighted by Gasteiger charge is 2.12. The number of aryl methyl sites for hydroxylation is 1. The molecule has 0 unspecified atom stereocenters. The highest BCUT2D eigenvalue weighted by Crippen LogP contribution is 2.28. The second-order valence-corrected chi connectivity index (χ2v) is 6.91. The maximum Gasteiger partial charge on any atom is 0.254 e. The van der Waals surface area contributed by atoms with E-state index in [4.69, 9.17) is 9.15 Å². The first-order chi connectivity index (χ1) is 11.5. The predicted octanol–water partition coefficient (Wildman–Crippen LogP) is 5.51. The van der Waals surface area contributed by atoms with Crippen molar-refractivity contribution in [3.05, 3.63) is 64.0 Å². The smallest absolute Gasteiger partial charge is 0.254 e. The zero-order chi connectivity index (χ0) is 17.1. The van der Waals surface area contributed by atoms with Crippen LogP contribution in [0.15, 0.2) is 51.4 Å². The lowest BCUT2D eigenvalue weighted by Crippen LogP contribution is -2.00. The lowest BCUT2D eigenvalue weighted by molar-refractivity contribution is 0.261. The zero-order valence-electron chi connectivity index (χ0n) is 13.9. The van der Waals surface area contributed by atoms with Crippen LogP contribution in [-0.4, -0.2) is 10.2 Å². The second-order valence-electron chi connectivity index (χ2n) is 6.00. The van der Waals surface area contributed by atoms with Gasteiger partial charge in [0.25, 0.3) is 5.89 Å². The summed E-state index contributed by atoms with van der Waals surface area (Å²) in [6, 6.07) is 14.0. The van der Waals surface area contributed by atoms with Gasteiger partial charge in [0.05, 0.1) is 0 Å². The van der Waals surface area contributed by atoms with Crippen molar-refractivity contribution < 1.29 is 9.15 Å². The van der Waals surface area contributed by atoms with Gasteiger partial charge in [-0.05, 0) is 48.2 Å². The second kappa shape index (κ2) is 7.18. The summed E-state index contributed by atoms with van der Waals surface area (Å²) in [4.78, 5) is 0. The molecule has 0 aliphatic rings. The summed E-state index contributed by atoms with van der Waals surface area (Å²) < 4.78 is 12.6. The number of halogens is 1. The molecule has 0 fully saturated rings. The van der Waals surface area contributed by atoms with Crippen LogP contribution in [0.2, 0.25) is 0 Å². The Morgan fingerprint density at radius 1 is 1.12 bits per heavy atom. The fourth-order valence-electron chi connectivity index (χ4n) is 2.43. The standard InChI is InChI=1S/C19H19BrN2O2/c1-12(2)16-8-7-13(3)9-17(16)23-11-18-21-22-19(24-18)14-5-4-6-15(20)10-14/h4-10,12H,11H2,1-3H3. The van der Waals surface area contributed by atoms with Crippen molar-refractivity contribution in [1.29, 1.82) is 0 Å². The lowest BCUT2D eigenvalue weighted by Gasteiger charge is -2.13. The quantitative estimate of drug-likeness (QED) is 0.579. The summed E-state index contributed by atoms with van der Waals surface area (Å²) in [5.41, 5.74) is 3.21. The summed E-state index contributed by atoms with van der Waals surface area (Å²) in [7, 11) is 0. The topological polar surface area (TPSA) is 48.2 Å². The Morgan fingerprint density at radius 2 is 1.96 bits per heavy atom. The Labute approximate surface area is 150 Å². The van der Waals surface area contributed by atoms with Gasteiger partial charge >= 0.3 is 0 Å². The van der Waals surface area contributed by atoms with Crippen LogP contribution in [-0.2, 0) is 6.61 Å². The fraction of sp³-hybridized carbons (Fsp3) is 0.263. The summed E-state index contributed by atoms with van der Waals surface area (Å²) in [6.07, 6.45) is 0. The van der Waals surface area contributed by atoms with Crippen LogP contribution in [0.4, 0.5) is 0 Å². The first kappa shape index (κ1) is 16.7. The number of nitrogens with zero attached hydrogens (tertiary/aromatic N) is 2. The molecule has 5 heteroatoms. The van der Waals surface area contributed by atoms with E-state index in [9.17, 15) is 0 Å². The molecule has 0 saturated heterocycles. The van der Waals surface area contributed by atoms with Gasteiger partial charge in [0.1, 0.15) is 5.75 Å². The molecule has 3 aromatic rings. The molecule has 1 aromatic heterocycles. The molecule has 4 nitrogen and oxygen atoms in total. The maximum atomic E-state index is 5.93. The minimum absolute atomic E-state index is 0.254.